The number of fused-ring (bicyclic) bond motifs is 6. The molecule has 14 rings (SSSR count). The molecule has 4 nitrogen and oxygen atoms in total. The van der Waals surface area contributed by atoms with E-state index < -0.39 is 0 Å². The maximum atomic E-state index is 5.42. The third-order valence-corrected chi connectivity index (χ3v) is 14.6. The van der Waals surface area contributed by atoms with Crippen LogP contribution in [0.25, 0.3) is 83.9 Å². The monoisotopic (exact) mass is 758 g/mol. The van der Waals surface area contributed by atoms with E-state index in [-0.39, 0.29) is 5.41 Å². The fourth-order valence-corrected chi connectivity index (χ4v) is 12.6. The number of para-hydroxylation sites is 2. The molecule has 5 aliphatic carbocycles. The van der Waals surface area contributed by atoms with E-state index in [2.05, 4.69) is 174 Å². The zero-order valence-electron chi connectivity index (χ0n) is 32.8. The van der Waals surface area contributed by atoms with E-state index in [1.165, 1.54) is 81.7 Å². The van der Waals surface area contributed by atoms with E-state index >= 15 is 0 Å². The molecule has 4 saturated carbocycles. The van der Waals surface area contributed by atoms with Crippen LogP contribution in [0.1, 0.15) is 43.2 Å². The summed E-state index contributed by atoms with van der Waals surface area (Å²) < 4.78 is 2.38. The molecule has 2 heterocycles. The Morgan fingerprint density at radius 2 is 0.966 bits per heavy atom. The van der Waals surface area contributed by atoms with E-state index in [0.717, 1.165) is 40.0 Å². The number of aromatic nitrogens is 4. The van der Waals surface area contributed by atoms with Crippen molar-refractivity contribution in [2.24, 2.45) is 23.7 Å². The van der Waals surface area contributed by atoms with Crippen LogP contribution < -0.4 is 0 Å². The van der Waals surface area contributed by atoms with Crippen LogP contribution >= 0.6 is 0 Å². The second-order valence-electron chi connectivity index (χ2n) is 17.6. The molecule has 0 unspecified atom stereocenters. The van der Waals surface area contributed by atoms with Gasteiger partial charge in [-0.25, -0.2) is 15.0 Å². The molecule has 282 valence electrons. The summed E-state index contributed by atoms with van der Waals surface area (Å²) in [6.07, 6.45) is 6.77. The van der Waals surface area contributed by atoms with Crippen LogP contribution in [0.5, 0.6) is 0 Å². The molecule has 2 aromatic heterocycles. The molecular formula is C55H42N4. The lowest BCUT2D eigenvalue weighted by molar-refractivity contribution is -0.0397. The van der Waals surface area contributed by atoms with Gasteiger partial charge in [0.05, 0.1) is 11.0 Å². The maximum absolute atomic E-state index is 5.42. The van der Waals surface area contributed by atoms with Crippen molar-refractivity contribution in [3.8, 4) is 62.1 Å². The molecule has 59 heavy (non-hydrogen) atoms. The van der Waals surface area contributed by atoms with Crippen LogP contribution in [0.3, 0.4) is 0 Å². The van der Waals surface area contributed by atoms with Gasteiger partial charge in [-0.15, -0.1) is 0 Å². The second-order valence-corrected chi connectivity index (χ2v) is 17.6. The fraction of sp³-hybridized carbons (Fsp3) is 0.182. The molecule has 0 N–H and O–H groups in total. The highest BCUT2D eigenvalue weighted by Crippen LogP contribution is 2.70. The van der Waals surface area contributed by atoms with E-state index in [1.54, 1.807) is 5.56 Å². The number of hydrogen-bond donors (Lipinski definition) is 0. The number of benzene rings is 7. The van der Waals surface area contributed by atoms with Gasteiger partial charge in [0, 0.05) is 38.6 Å². The Morgan fingerprint density at radius 3 is 1.73 bits per heavy atom. The summed E-state index contributed by atoms with van der Waals surface area (Å²) in [7, 11) is 0. The molecule has 0 atom stereocenters. The van der Waals surface area contributed by atoms with Crippen molar-refractivity contribution < 1.29 is 0 Å². The standard InChI is InChI=1S/C55H42N4/c1-3-12-37(13-4-1)52-56-53(38-24-22-36(23-25-38)39-26-27-45-44-17-8-10-21-49(44)59(50(45)33-39)42-14-5-2-6-15-42)58-54(57-52)47-19-11-18-46-43-16-7-9-20-48(43)55(51(46)47)40-29-34-28-35(31-40)32-41(55)30-34/h1-27,33-35,40-41H,28-32H2. The van der Waals surface area contributed by atoms with Crippen LogP contribution in [0, 0.1) is 23.7 Å². The Labute approximate surface area is 344 Å². The molecule has 5 aliphatic rings. The largest absolute Gasteiger partial charge is 0.309 e. The molecule has 4 heteroatoms. The average Bonchev–Trinajstić information content (AvgIpc) is 3.79. The third kappa shape index (κ3) is 4.86. The summed E-state index contributed by atoms with van der Waals surface area (Å²) >= 11 is 0. The first-order chi connectivity index (χ1) is 29.2. The smallest absolute Gasteiger partial charge is 0.164 e. The molecule has 9 aromatic rings. The summed E-state index contributed by atoms with van der Waals surface area (Å²) in [6, 6.07) is 61.7. The Balaban J connectivity index is 0.953. The summed E-state index contributed by atoms with van der Waals surface area (Å²) in [5.74, 6) is 5.23. The van der Waals surface area contributed by atoms with E-state index in [1.807, 2.05) is 0 Å². The highest BCUT2D eigenvalue weighted by Gasteiger charge is 2.62. The van der Waals surface area contributed by atoms with Crippen LogP contribution in [0.2, 0.25) is 0 Å². The molecule has 4 fully saturated rings. The van der Waals surface area contributed by atoms with E-state index in [9.17, 15) is 0 Å². The van der Waals surface area contributed by atoms with E-state index in [0.29, 0.717) is 23.5 Å². The quantitative estimate of drug-likeness (QED) is 0.176. The van der Waals surface area contributed by atoms with Gasteiger partial charge in [0.2, 0.25) is 0 Å². The minimum absolute atomic E-state index is 0.00457. The minimum atomic E-state index is 0.00457. The van der Waals surface area contributed by atoms with Crippen molar-refractivity contribution in [2.45, 2.75) is 37.5 Å². The van der Waals surface area contributed by atoms with Gasteiger partial charge in [0.1, 0.15) is 0 Å². The zero-order chi connectivity index (χ0) is 38.7. The van der Waals surface area contributed by atoms with E-state index in [4.69, 9.17) is 15.0 Å². The summed E-state index contributed by atoms with van der Waals surface area (Å²) in [4.78, 5) is 16.0. The summed E-state index contributed by atoms with van der Waals surface area (Å²) in [5.41, 5.74) is 14.9. The number of nitrogens with zero attached hydrogens (tertiary/aromatic N) is 4. The Morgan fingerprint density at radius 1 is 0.407 bits per heavy atom. The first kappa shape index (κ1) is 33.3. The zero-order valence-corrected chi connectivity index (χ0v) is 32.8. The SMILES string of the molecule is c1ccc(-c2nc(-c3ccc(-c4ccc5c6ccccc6n(-c6ccccc6)c5c4)cc3)nc(-c3cccc4c3C3(c5ccccc5-4)C4CC5CC(C4)CC3C5)n2)cc1. The molecule has 0 amide bonds. The number of rotatable bonds is 5. The predicted octanol–water partition coefficient (Wildman–Crippen LogP) is 13.4. The molecule has 1 spiro atoms. The molecule has 7 aromatic carbocycles. The molecular weight excluding hydrogens is 717 g/mol. The third-order valence-electron chi connectivity index (χ3n) is 14.6. The van der Waals surface area contributed by atoms with Gasteiger partial charge in [-0.05, 0) is 113 Å². The summed E-state index contributed by atoms with van der Waals surface area (Å²) in [5, 5.41) is 2.51. The van der Waals surface area contributed by atoms with Gasteiger partial charge in [-0.3, -0.25) is 0 Å². The van der Waals surface area contributed by atoms with Crippen molar-refractivity contribution in [3.05, 3.63) is 181 Å². The normalized spacial score (nSPS) is 22.3. The van der Waals surface area contributed by atoms with Crippen LogP contribution in [0.4, 0.5) is 0 Å². The maximum Gasteiger partial charge on any atom is 0.164 e. The molecule has 0 aliphatic heterocycles. The Bertz CT molecular complexity index is 3080. The number of hydrogen-bond acceptors (Lipinski definition) is 3. The minimum Gasteiger partial charge on any atom is -0.309 e. The van der Waals surface area contributed by atoms with Crippen molar-refractivity contribution in [3.63, 3.8) is 0 Å². The van der Waals surface area contributed by atoms with Crippen molar-refractivity contribution >= 4 is 21.8 Å². The lowest BCUT2D eigenvalue weighted by Gasteiger charge is -2.61. The average molecular weight is 759 g/mol. The highest BCUT2D eigenvalue weighted by atomic mass is 15.0. The van der Waals surface area contributed by atoms with Crippen LogP contribution in [-0.4, -0.2) is 19.5 Å². The Hall–Kier alpha value is -6.65. The highest BCUT2D eigenvalue weighted by molar-refractivity contribution is 6.10. The lowest BCUT2D eigenvalue weighted by atomic mass is 9.43. The van der Waals surface area contributed by atoms with Crippen molar-refractivity contribution in [1.29, 1.82) is 0 Å². The van der Waals surface area contributed by atoms with Crippen molar-refractivity contribution in [2.75, 3.05) is 0 Å². The van der Waals surface area contributed by atoms with Gasteiger partial charge in [0.25, 0.3) is 0 Å². The fourth-order valence-electron chi connectivity index (χ4n) is 12.6. The Kier molecular flexibility index (Phi) is 7.16. The van der Waals surface area contributed by atoms with Gasteiger partial charge in [-0.1, -0.05) is 146 Å². The second kappa shape index (κ2) is 12.7. The van der Waals surface area contributed by atoms with Crippen molar-refractivity contribution in [1.82, 2.24) is 19.5 Å². The molecule has 4 bridgehead atoms. The van der Waals surface area contributed by atoms with Gasteiger partial charge < -0.3 is 4.57 Å². The summed E-state index contributed by atoms with van der Waals surface area (Å²) in [6.45, 7) is 0. The van der Waals surface area contributed by atoms with Gasteiger partial charge >= 0.3 is 0 Å². The van der Waals surface area contributed by atoms with Crippen LogP contribution in [-0.2, 0) is 5.41 Å². The molecule has 0 radical (unpaired) electrons. The first-order valence-corrected chi connectivity index (χ1v) is 21.5. The first-order valence-electron chi connectivity index (χ1n) is 21.5. The van der Waals surface area contributed by atoms with Gasteiger partial charge in [0.15, 0.2) is 17.5 Å². The topological polar surface area (TPSA) is 43.6 Å². The predicted molar refractivity (Wildman–Crippen MR) is 239 cm³/mol. The molecule has 0 saturated heterocycles. The van der Waals surface area contributed by atoms with Gasteiger partial charge in [-0.2, -0.15) is 0 Å². The van der Waals surface area contributed by atoms with Crippen LogP contribution in [0.15, 0.2) is 170 Å². The lowest BCUT2D eigenvalue weighted by Crippen LogP contribution is -2.55.